The minimum atomic E-state index is 0.688. The van der Waals surface area contributed by atoms with Gasteiger partial charge in [-0.15, -0.1) is 0 Å². The Balaban J connectivity index is 2.60. The molecule has 0 radical (unpaired) electrons. The van der Waals surface area contributed by atoms with Crippen molar-refractivity contribution in [2.75, 3.05) is 0 Å². The molecule has 0 aliphatic heterocycles. The van der Waals surface area contributed by atoms with E-state index >= 15 is 0 Å². The van der Waals surface area contributed by atoms with Gasteiger partial charge in [0.25, 0.3) is 0 Å². The van der Waals surface area contributed by atoms with E-state index in [1.54, 1.807) is 30.5 Å². The Morgan fingerprint density at radius 2 is 1.56 bits per heavy atom. The molecule has 3 aromatic rings. The highest BCUT2D eigenvalue weighted by Gasteiger charge is 2.22. The predicted octanol–water partition coefficient (Wildman–Crippen LogP) is 8.31. The van der Waals surface area contributed by atoms with Gasteiger partial charge in [0.1, 0.15) is 17.2 Å². The Bertz CT molecular complexity index is 1360. The highest BCUT2D eigenvalue weighted by Crippen LogP contribution is 2.40. The summed E-state index contributed by atoms with van der Waals surface area (Å²) in [5.74, 6) is 1.41. The molecule has 1 aromatic carbocycles. The molecule has 0 bridgehead atoms. The molecule has 0 unspecified atom stereocenters. The van der Waals surface area contributed by atoms with Crippen molar-refractivity contribution in [1.29, 1.82) is 0 Å². The standard InChI is InChI=1S/C29H26N2O/c1-7-13-16-22-23(12-6)31(27(15-9-3)30-20-10-4)24-18-19-26-29(28(22)24)21(11-5)25(32-26)17-14-8-2/h7-20H,1-6H2/b16-13-,17-14-,27-15+,30-20?. The van der Waals surface area contributed by atoms with Crippen molar-refractivity contribution >= 4 is 58.2 Å². The molecule has 0 saturated heterocycles. The molecule has 0 N–H and O–H groups in total. The summed E-state index contributed by atoms with van der Waals surface area (Å²) in [5, 5.41) is 1.98. The Morgan fingerprint density at radius 3 is 2.19 bits per heavy atom. The molecule has 0 saturated carbocycles. The fourth-order valence-electron chi connectivity index (χ4n) is 3.73. The van der Waals surface area contributed by atoms with Crippen molar-refractivity contribution in [3.63, 3.8) is 0 Å². The van der Waals surface area contributed by atoms with Crippen LogP contribution in [0.1, 0.15) is 22.6 Å². The van der Waals surface area contributed by atoms with Crippen LogP contribution >= 0.6 is 0 Å². The number of hydrogen-bond acceptors (Lipinski definition) is 2. The van der Waals surface area contributed by atoms with E-state index in [9.17, 15) is 0 Å². The number of nitrogens with zero attached hydrogens (tertiary/aromatic N) is 2. The van der Waals surface area contributed by atoms with E-state index in [1.165, 1.54) is 0 Å². The zero-order chi connectivity index (χ0) is 23.1. The van der Waals surface area contributed by atoms with E-state index in [1.807, 2.05) is 59.2 Å². The lowest BCUT2D eigenvalue weighted by Gasteiger charge is -2.09. The van der Waals surface area contributed by atoms with Gasteiger partial charge in [-0.1, -0.05) is 88.1 Å². The van der Waals surface area contributed by atoms with Gasteiger partial charge in [0.2, 0.25) is 0 Å². The maximum Gasteiger partial charge on any atom is 0.137 e. The van der Waals surface area contributed by atoms with Crippen molar-refractivity contribution < 1.29 is 4.42 Å². The van der Waals surface area contributed by atoms with Gasteiger partial charge in [0.05, 0.1) is 11.2 Å². The van der Waals surface area contributed by atoms with Crippen molar-refractivity contribution in [2.24, 2.45) is 4.99 Å². The smallest absolute Gasteiger partial charge is 0.137 e. The molecule has 0 amide bonds. The molecule has 0 aliphatic rings. The first kappa shape index (κ1) is 22.3. The molecule has 0 spiro atoms. The zero-order valence-electron chi connectivity index (χ0n) is 18.1. The van der Waals surface area contributed by atoms with Crippen LogP contribution in [0.3, 0.4) is 0 Å². The lowest BCUT2D eigenvalue weighted by atomic mass is 10.0. The summed E-state index contributed by atoms with van der Waals surface area (Å²) in [5.41, 5.74) is 4.50. The van der Waals surface area contributed by atoms with Crippen LogP contribution in [-0.4, -0.2) is 10.8 Å². The Labute approximate surface area is 189 Å². The molecule has 2 aromatic heterocycles. The second-order valence-corrected chi connectivity index (χ2v) is 6.72. The van der Waals surface area contributed by atoms with E-state index in [-0.39, 0.29) is 0 Å². The maximum atomic E-state index is 6.16. The quantitative estimate of drug-likeness (QED) is 0.240. The van der Waals surface area contributed by atoms with Crippen LogP contribution < -0.4 is 0 Å². The van der Waals surface area contributed by atoms with Crippen LogP contribution in [0.4, 0.5) is 0 Å². The summed E-state index contributed by atoms with van der Waals surface area (Å²) in [4.78, 5) is 4.57. The molecule has 3 heteroatoms. The third kappa shape index (κ3) is 3.84. The number of fused-ring (bicyclic) bond motifs is 3. The van der Waals surface area contributed by atoms with Crippen LogP contribution in [0.15, 0.2) is 104 Å². The van der Waals surface area contributed by atoms with Crippen LogP contribution in [0.5, 0.6) is 0 Å². The highest BCUT2D eigenvalue weighted by atomic mass is 16.3. The Morgan fingerprint density at radius 1 is 0.812 bits per heavy atom. The summed E-state index contributed by atoms with van der Waals surface area (Å²) in [7, 11) is 0. The summed E-state index contributed by atoms with van der Waals surface area (Å²) < 4.78 is 8.20. The molecular weight excluding hydrogens is 392 g/mol. The van der Waals surface area contributed by atoms with Crippen molar-refractivity contribution in [3.8, 4) is 0 Å². The third-order valence-electron chi connectivity index (χ3n) is 4.92. The van der Waals surface area contributed by atoms with E-state index in [2.05, 4.69) is 44.5 Å². The van der Waals surface area contributed by atoms with Crippen LogP contribution in [0.2, 0.25) is 0 Å². The van der Waals surface area contributed by atoms with Crippen molar-refractivity contribution in [2.45, 2.75) is 0 Å². The molecule has 32 heavy (non-hydrogen) atoms. The molecule has 2 heterocycles. The monoisotopic (exact) mass is 418 g/mol. The minimum Gasteiger partial charge on any atom is -0.456 e. The topological polar surface area (TPSA) is 30.4 Å². The van der Waals surface area contributed by atoms with Gasteiger partial charge in [0.15, 0.2) is 0 Å². The molecule has 0 fully saturated rings. The fraction of sp³-hybridized carbons (Fsp3) is 0. The van der Waals surface area contributed by atoms with Crippen LogP contribution in [0, 0.1) is 0 Å². The van der Waals surface area contributed by atoms with Gasteiger partial charge in [-0.05, 0) is 30.4 Å². The van der Waals surface area contributed by atoms with E-state index < -0.39 is 0 Å². The average molecular weight is 419 g/mol. The molecule has 158 valence electrons. The lowest BCUT2D eigenvalue weighted by molar-refractivity contribution is 0.603. The van der Waals surface area contributed by atoms with Gasteiger partial charge >= 0.3 is 0 Å². The van der Waals surface area contributed by atoms with Gasteiger partial charge in [0, 0.05) is 28.1 Å². The Hall–Kier alpha value is -4.37. The number of aromatic nitrogens is 1. The predicted molar refractivity (Wildman–Crippen MR) is 144 cm³/mol. The summed E-state index contributed by atoms with van der Waals surface area (Å²) in [6, 6.07) is 3.98. The van der Waals surface area contributed by atoms with E-state index in [0.717, 1.165) is 44.5 Å². The van der Waals surface area contributed by atoms with Gasteiger partial charge in [-0.3, -0.25) is 4.57 Å². The molecular formula is C29H26N2O. The van der Waals surface area contributed by atoms with Gasteiger partial charge in [-0.2, -0.15) is 0 Å². The SMILES string of the molecule is C=CC=N/C(=C\C=C)n1c(C=C)c(/C=C\C=C)c2c3c(C=C)c(/C=C\C=C)oc3ccc21. The van der Waals surface area contributed by atoms with Gasteiger partial charge in [-0.25, -0.2) is 4.99 Å². The largest absolute Gasteiger partial charge is 0.456 e. The van der Waals surface area contributed by atoms with E-state index in [4.69, 9.17) is 4.42 Å². The molecule has 3 rings (SSSR count). The Kier molecular flexibility index (Phi) is 7.04. The highest BCUT2D eigenvalue weighted by molar-refractivity contribution is 6.15. The first-order chi connectivity index (χ1) is 15.7. The fourth-order valence-corrected chi connectivity index (χ4v) is 3.73. The molecule has 0 atom stereocenters. The summed E-state index contributed by atoms with van der Waals surface area (Å²) >= 11 is 0. The summed E-state index contributed by atoms with van der Waals surface area (Å²) in [6.07, 6.45) is 21.6. The third-order valence-corrected chi connectivity index (χ3v) is 4.92. The number of aliphatic imine (C=N–C) groups is 1. The van der Waals surface area contributed by atoms with Crippen molar-refractivity contribution in [3.05, 3.63) is 117 Å². The second kappa shape index (κ2) is 10.1. The maximum absolute atomic E-state index is 6.16. The number of benzene rings is 1. The van der Waals surface area contributed by atoms with Crippen molar-refractivity contribution in [1.82, 2.24) is 4.57 Å². The summed E-state index contributed by atoms with van der Waals surface area (Å²) in [6.45, 7) is 23.3. The number of hydrogen-bond donors (Lipinski definition) is 0. The average Bonchev–Trinajstić information content (AvgIpc) is 3.33. The number of allylic oxidation sites excluding steroid dienone is 7. The first-order valence-electron chi connectivity index (χ1n) is 10.1. The van der Waals surface area contributed by atoms with E-state index in [0.29, 0.717) is 5.82 Å². The number of furan rings is 1. The first-order valence-corrected chi connectivity index (χ1v) is 10.1. The van der Waals surface area contributed by atoms with Crippen LogP contribution in [0.25, 0.3) is 52.0 Å². The van der Waals surface area contributed by atoms with Gasteiger partial charge < -0.3 is 4.42 Å². The minimum absolute atomic E-state index is 0.688. The zero-order valence-corrected chi connectivity index (χ0v) is 18.1. The lowest BCUT2D eigenvalue weighted by Crippen LogP contribution is -1.98. The van der Waals surface area contributed by atoms with Crippen LogP contribution in [-0.2, 0) is 0 Å². The number of rotatable bonds is 10. The molecule has 0 aliphatic carbocycles. The second-order valence-electron chi connectivity index (χ2n) is 6.72. The molecule has 3 nitrogen and oxygen atoms in total. The normalized spacial score (nSPS) is 12.3.